The van der Waals surface area contributed by atoms with Crippen molar-refractivity contribution in [2.75, 3.05) is 26.4 Å². The van der Waals surface area contributed by atoms with Crippen LogP contribution in [-0.4, -0.2) is 42.4 Å². The maximum absolute atomic E-state index is 13.4. The van der Waals surface area contributed by atoms with Gasteiger partial charge >= 0.3 is 5.97 Å². The molecule has 0 bridgehead atoms. The highest BCUT2D eigenvalue weighted by atomic mass is 32.2. The van der Waals surface area contributed by atoms with E-state index in [1.54, 1.807) is 11.8 Å². The number of hydrogen-bond donors (Lipinski definition) is 1. The molecular formula is C14H18FNO2S. The van der Waals surface area contributed by atoms with Crippen LogP contribution in [0.3, 0.4) is 0 Å². The van der Waals surface area contributed by atoms with Gasteiger partial charge in [-0.2, -0.15) is 11.8 Å². The van der Waals surface area contributed by atoms with Crippen molar-refractivity contribution < 1.29 is 14.3 Å². The lowest BCUT2D eigenvalue weighted by molar-refractivity contribution is -0.131. The van der Waals surface area contributed by atoms with Crippen molar-refractivity contribution in [2.24, 2.45) is 0 Å². The van der Waals surface area contributed by atoms with Gasteiger partial charge in [-0.1, -0.05) is 6.07 Å². The first-order valence-electron chi connectivity index (χ1n) is 5.90. The zero-order valence-electron chi connectivity index (χ0n) is 11.1. The van der Waals surface area contributed by atoms with Gasteiger partial charge in [0.1, 0.15) is 5.82 Å². The number of carbonyl (C=O) groups is 1. The second kappa shape index (κ2) is 7.96. The molecule has 3 nitrogen and oxygen atoms in total. The van der Waals surface area contributed by atoms with Gasteiger partial charge in [0, 0.05) is 24.1 Å². The van der Waals surface area contributed by atoms with Crippen LogP contribution in [0.2, 0.25) is 0 Å². The summed E-state index contributed by atoms with van der Waals surface area (Å²) in [6, 6.07) is 4.62. The lowest BCUT2D eigenvalue weighted by Crippen LogP contribution is -2.14. The molecule has 5 heteroatoms. The van der Waals surface area contributed by atoms with Crippen LogP contribution in [-0.2, 0) is 10.5 Å². The molecule has 0 atom stereocenters. The number of benzene rings is 1. The molecule has 0 unspecified atom stereocenters. The molecule has 0 aromatic heterocycles. The number of aliphatic carboxylic acids is 1. The third kappa shape index (κ3) is 6.98. The number of nitrogens with zero attached hydrogens (tertiary/aromatic N) is 1. The van der Waals surface area contributed by atoms with Crippen molar-refractivity contribution in [3.63, 3.8) is 0 Å². The summed E-state index contributed by atoms with van der Waals surface area (Å²) in [6.07, 6.45) is 2.41. The van der Waals surface area contributed by atoms with Crippen molar-refractivity contribution in [1.82, 2.24) is 4.90 Å². The largest absolute Gasteiger partial charge is 0.478 e. The van der Waals surface area contributed by atoms with E-state index in [2.05, 4.69) is 4.90 Å². The molecule has 1 aromatic carbocycles. The summed E-state index contributed by atoms with van der Waals surface area (Å²) in [5.74, 6) is 0.325. The standard InChI is InChI=1S/C14H18FNO2S/c1-16(2)5-6-19-10-12-7-11(3-4-14(17)18)8-13(15)9-12/h3-4,7-9H,5-6,10H2,1-2H3,(H,17,18). The minimum Gasteiger partial charge on any atom is -0.478 e. The topological polar surface area (TPSA) is 40.5 Å². The molecule has 19 heavy (non-hydrogen) atoms. The second-order valence-electron chi connectivity index (χ2n) is 4.42. The van der Waals surface area contributed by atoms with E-state index in [1.165, 1.54) is 18.2 Å². The van der Waals surface area contributed by atoms with Crippen LogP contribution in [0.5, 0.6) is 0 Å². The fourth-order valence-electron chi connectivity index (χ4n) is 1.46. The molecule has 0 spiro atoms. The van der Waals surface area contributed by atoms with Crippen LogP contribution in [0.15, 0.2) is 24.3 Å². The summed E-state index contributed by atoms with van der Waals surface area (Å²) < 4.78 is 13.4. The fraction of sp³-hybridized carbons (Fsp3) is 0.357. The van der Waals surface area contributed by atoms with E-state index in [9.17, 15) is 9.18 Å². The summed E-state index contributed by atoms with van der Waals surface area (Å²) in [4.78, 5) is 12.5. The van der Waals surface area contributed by atoms with Gasteiger partial charge in [-0.25, -0.2) is 9.18 Å². The Bertz CT molecular complexity index is 461. The van der Waals surface area contributed by atoms with Gasteiger partial charge in [-0.3, -0.25) is 0 Å². The molecule has 0 radical (unpaired) electrons. The molecule has 0 fully saturated rings. The minimum absolute atomic E-state index is 0.337. The molecule has 1 N–H and O–H groups in total. The van der Waals surface area contributed by atoms with E-state index in [-0.39, 0.29) is 5.82 Å². The van der Waals surface area contributed by atoms with Gasteiger partial charge in [-0.05, 0) is 43.4 Å². The van der Waals surface area contributed by atoms with E-state index in [1.807, 2.05) is 20.2 Å². The average Bonchev–Trinajstić information content (AvgIpc) is 2.31. The first-order chi connectivity index (χ1) is 8.97. The van der Waals surface area contributed by atoms with Gasteiger partial charge in [0.15, 0.2) is 0 Å². The first kappa shape index (κ1) is 15.7. The van der Waals surface area contributed by atoms with Crippen LogP contribution in [0.1, 0.15) is 11.1 Å². The van der Waals surface area contributed by atoms with E-state index >= 15 is 0 Å². The number of rotatable bonds is 7. The van der Waals surface area contributed by atoms with Crippen molar-refractivity contribution in [3.8, 4) is 0 Å². The Labute approximate surface area is 117 Å². The maximum Gasteiger partial charge on any atom is 0.328 e. The highest BCUT2D eigenvalue weighted by Gasteiger charge is 2.01. The zero-order valence-corrected chi connectivity index (χ0v) is 11.9. The number of thioether (sulfide) groups is 1. The lowest BCUT2D eigenvalue weighted by Gasteiger charge is -2.09. The summed E-state index contributed by atoms with van der Waals surface area (Å²) in [5.41, 5.74) is 1.44. The molecule has 1 rings (SSSR count). The first-order valence-corrected chi connectivity index (χ1v) is 7.06. The lowest BCUT2D eigenvalue weighted by atomic mass is 10.1. The van der Waals surface area contributed by atoms with E-state index in [0.717, 1.165) is 29.7 Å². The number of hydrogen-bond acceptors (Lipinski definition) is 3. The Morgan fingerprint density at radius 1 is 1.42 bits per heavy atom. The summed E-state index contributed by atoms with van der Waals surface area (Å²) in [7, 11) is 4.02. The summed E-state index contributed by atoms with van der Waals surface area (Å²) in [6.45, 7) is 0.978. The van der Waals surface area contributed by atoms with Crippen LogP contribution in [0.25, 0.3) is 6.08 Å². The maximum atomic E-state index is 13.4. The third-order valence-electron chi connectivity index (χ3n) is 2.35. The third-order valence-corrected chi connectivity index (χ3v) is 3.36. The van der Waals surface area contributed by atoms with Crippen molar-refractivity contribution in [2.45, 2.75) is 5.75 Å². The van der Waals surface area contributed by atoms with Crippen molar-refractivity contribution >= 4 is 23.8 Å². The Hall–Kier alpha value is -1.33. The minimum atomic E-state index is -1.04. The molecule has 0 aliphatic carbocycles. The van der Waals surface area contributed by atoms with Crippen LogP contribution in [0.4, 0.5) is 4.39 Å². The summed E-state index contributed by atoms with van der Waals surface area (Å²) >= 11 is 1.73. The van der Waals surface area contributed by atoms with Crippen molar-refractivity contribution in [1.29, 1.82) is 0 Å². The Kier molecular flexibility index (Phi) is 6.59. The SMILES string of the molecule is CN(C)CCSCc1cc(F)cc(C=CC(=O)O)c1. The Morgan fingerprint density at radius 2 is 2.16 bits per heavy atom. The van der Waals surface area contributed by atoms with Gasteiger partial charge in [0.05, 0.1) is 0 Å². The molecule has 0 heterocycles. The van der Waals surface area contributed by atoms with E-state index < -0.39 is 5.97 Å². The highest BCUT2D eigenvalue weighted by Crippen LogP contribution is 2.16. The second-order valence-corrected chi connectivity index (χ2v) is 5.53. The number of carboxylic acid groups (broad SMARTS) is 1. The quantitative estimate of drug-likeness (QED) is 0.617. The van der Waals surface area contributed by atoms with Gasteiger partial charge < -0.3 is 10.0 Å². The normalized spacial score (nSPS) is 11.4. The highest BCUT2D eigenvalue weighted by molar-refractivity contribution is 7.98. The van der Waals surface area contributed by atoms with Crippen molar-refractivity contribution in [3.05, 3.63) is 41.2 Å². The molecule has 0 aliphatic rings. The van der Waals surface area contributed by atoms with E-state index in [4.69, 9.17) is 5.11 Å². The molecule has 104 valence electrons. The number of halogens is 1. The monoisotopic (exact) mass is 283 g/mol. The molecule has 0 saturated heterocycles. The molecule has 0 amide bonds. The zero-order chi connectivity index (χ0) is 14.3. The number of carboxylic acids is 1. The van der Waals surface area contributed by atoms with Gasteiger partial charge in [-0.15, -0.1) is 0 Å². The predicted octanol–water partition coefficient (Wildman–Crippen LogP) is 2.72. The fourth-order valence-corrected chi connectivity index (χ4v) is 2.50. The predicted molar refractivity (Wildman–Crippen MR) is 77.8 cm³/mol. The average molecular weight is 283 g/mol. The Balaban J connectivity index is 2.61. The van der Waals surface area contributed by atoms with Crippen LogP contribution >= 0.6 is 11.8 Å². The smallest absolute Gasteiger partial charge is 0.328 e. The van der Waals surface area contributed by atoms with Crippen LogP contribution in [0, 0.1) is 5.82 Å². The van der Waals surface area contributed by atoms with Gasteiger partial charge in [0.2, 0.25) is 0 Å². The molecule has 0 aliphatic heterocycles. The van der Waals surface area contributed by atoms with Crippen LogP contribution < -0.4 is 0 Å². The Morgan fingerprint density at radius 3 is 2.79 bits per heavy atom. The summed E-state index contributed by atoms with van der Waals surface area (Å²) in [5, 5.41) is 8.55. The van der Waals surface area contributed by atoms with E-state index in [0.29, 0.717) is 5.56 Å². The molecule has 1 aromatic rings. The molecular weight excluding hydrogens is 265 g/mol. The van der Waals surface area contributed by atoms with Gasteiger partial charge in [0.25, 0.3) is 0 Å². The molecule has 0 saturated carbocycles.